The molecule has 0 bridgehead atoms. The van der Waals surface area contributed by atoms with E-state index < -0.39 is 34.8 Å². The summed E-state index contributed by atoms with van der Waals surface area (Å²) < 4.78 is 71.7. The molecule has 0 unspecified atom stereocenters. The van der Waals surface area contributed by atoms with Crippen LogP contribution in [0.25, 0.3) is 0 Å². The van der Waals surface area contributed by atoms with Gasteiger partial charge in [-0.25, -0.2) is 22.6 Å². The van der Waals surface area contributed by atoms with Crippen LogP contribution in [-0.2, 0) is 0 Å². The molecule has 0 heterocycles. The van der Waals surface area contributed by atoms with Gasteiger partial charge in [-0.15, -0.1) is 0 Å². The zero-order valence-electron chi connectivity index (χ0n) is 11.7. The predicted octanol–water partition coefficient (Wildman–Crippen LogP) is 2.40. The first kappa shape index (κ1) is 18.1. The summed E-state index contributed by atoms with van der Waals surface area (Å²) in [6.45, 7) is 0. The van der Waals surface area contributed by atoms with Crippen molar-refractivity contribution in [3.05, 3.63) is 36.5 Å². The zero-order chi connectivity index (χ0) is 14.9. The molecule has 0 atom stereocenters. The molecule has 0 aliphatic rings. The molecule has 0 aliphatic carbocycles. The lowest BCUT2D eigenvalue weighted by Gasteiger charge is -2.13. The highest BCUT2D eigenvalue weighted by Crippen LogP contribution is 2.29. The van der Waals surface area contributed by atoms with Crippen LogP contribution >= 0.6 is 0 Å². The van der Waals surface area contributed by atoms with Crippen molar-refractivity contribution in [3.8, 4) is 5.75 Å². The summed E-state index contributed by atoms with van der Waals surface area (Å²) in [7, 11) is 5.95. The summed E-state index contributed by atoms with van der Waals surface area (Å²) in [5.74, 6) is -11.7. The third-order valence-corrected chi connectivity index (χ3v) is 2.13. The van der Waals surface area contributed by atoms with E-state index in [1.54, 1.807) is 0 Å². The Morgan fingerprint density at radius 1 is 0.850 bits per heavy atom. The molecule has 3 nitrogen and oxygen atoms in total. The predicted molar refractivity (Wildman–Crippen MR) is 64.1 cm³/mol. The van der Waals surface area contributed by atoms with Crippen LogP contribution in [0.5, 0.6) is 5.75 Å². The lowest BCUT2D eigenvalue weighted by Crippen LogP contribution is -2.35. The van der Waals surface area contributed by atoms with Gasteiger partial charge in [0.1, 0.15) is 0 Å². The second-order valence-corrected chi connectivity index (χ2v) is 4.07. The Balaban J connectivity index is 0.00000361. The van der Waals surface area contributed by atoms with Crippen LogP contribution in [0.4, 0.5) is 22.0 Å². The van der Waals surface area contributed by atoms with Crippen molar-refractivity contribution in [2.45, 2.75) is 0 Å². The SMILES string of the molecule is CN(C)C(Oc1c(F)c(F)c(F)c(F)c1F)=[N+](C)C.[CH3-]. The largest absolute Gasteiger partial charge is 0.451 e. The van der Waals surface area contributed by atoms with Crippen molar-refractivity contribution in [1.29, 1.82) is 0 Å². The van der Waals surface area contributed by atoms with Crippen molar-refractivity contribution < 1.29 is 31.3 Å². The van der Waals surface area contributed by atoms with Gasteiger partial charge in [-0.1, -0.05) is 0 Å². The van der Waals surface area contributed by atoms with Crippen molar-refractivity contribution in [2.75, 3.05) is 28.2 Å². The van der Waals surface area contributed by atoms with Gasteiger partial charge in [0.25, 0.3) is 0 Å². The molecule has 1 rings (SSSR count). The molecule has 0 saturated carbocycles. The van der Waals surface area contributed by atoms with Crippen molar-refractivity contribution in [2.24, 2.45) is 0 Å². The number of amidine groups is 1. The summed E-state index contributed by atoms with van der Waals surface area (Å²) in [6, 6.07) is -0.0943. The molecule has 0 saturated heterocycles. The highest BCUT2D eigenvalue weighted by atomic mass is 19.2. The molecule has 114 valence electrons. The molecule has 0 fully saturated rings. The van der Waals surface area contributed by atoms with Crippen molar-refractivity contribution >= 4 is 6.02 Å². The molecular formula is C12H15F5N2O. The summed E-state index contributed by atoms with van der Waals surface area (Å²) in [5.41, 5.74) is 0. The van der Waals surface area contributed by atoms with Gasteiger partial charge in [-0.2, -0.15) is 8.78 Å². The van der Waals surface area contributed by atoms with Crippen LogP contribution < -0.4 is 4.74 Å². The Bertz CT molecular complexity index is 510. The third kappa shape index (κ3) is 3.17. The van der Waals surface area contributed by atoms with E-state index in [0.717, 1.165) is 0 Å². The standard InChI is InChI=1S/C11H12F5N2O.CH3/c1-17(2)11(18(3)4)19-10-8(15)6(13)5(12)7(14)9(10)16;/h1-4H3;1H3/q+1;-1. The van der Waals surface area contributed by atoms with E-state index in [2.05, 4.69) is 0 Å². The number of rotatable bonds is 1. The zero-order valence-corrected chi connectivity index (χ0v) is 11.7. The number of hydrogen-bond donors (Lipinski definition) is 0. The molecule has 0 spiro atoms. The Hall–Kier alpha value is -1.86. The molecular weight excluding hydrogens is 283 g/mol. The van der Waals surface area contributed by atoms with Gasteiger partial charge in [-0.3, -0.25) is 0 Å². The van der Waals surface area contributed by atoms with Gasteiger partial charge in [0.2, 0.25) is 34.8 Å². The lowest BCUT2D eigenvalue weighted by molar-refractivity contribution is -0.478. The number of halogens is 5. The molecule has 1 aromatic rings. The molecule has 20 heavy (non-hydrogen) atoms. The van der Waals surface area contributed by atoms with E-state index in [-0.39, 0.29) is 13.4 Å². The Morgan fingerprint density at radius 3 is 1.50 bits per heavy atom. The number of nitrogens with zero attached hydrogens (tertiary/aromatic N) is 2. The molecule has 0 amide bonds. The normalized spacial score (nSPS) is 9.85. The highest BCUT2D eigenvalue weighted by Gasteiger charge is 2.30. The molecule has 0 aliphatic heterocycles. The maximum atomic E-state index is 13.4. The molecule has 0 aromatic heterocycles. The van der Waals surface area contributed by atoms with E-state index in [9.17, 15) is 22.0 Å². The van der Waals surface area contributed by atoms with Gasteiger partial charge in [0.05, 0.1) is 28.2 Å². The summed E-state index contributed by atoms with van der Waals surface area (Å²) in [6.07, 6.45) is 0. The highest BCUT2D eigenvalue weighted by molar-refractivity contribution is 5.71. The molecule has 0 N–H and O–H groups in total. The molecule has 8 heteroatoms. The summed E-state index contributed by atoms with van der Waals surface area (Å²) in [4.78, 5) is 1.32. The van der Waals surface area contributed by atoms with Gasteiger partial charge in [0.15, 0.2) is 0 Å². The maximum absolute atomic E-state index is 13.4. The first-order chi connectivity index (χ1) is 8.68. The minimum Gasteiger partial charge on any atom is -0.386 e. The van der Waals surface area contributed by atoms with Crippen LogP contribution in [0.2, 0.25) is 0 Å². The topological polar surface area (TPSA) is 15.5 Å². The Kier molecular flexibility index (Phi) is 5.93. The van der Waals surface area contributed by atoms with E-state index in [1.807, 2.05) is 0 Å². The lowest BCUT2D eigenvalue weighted by atomic mass is 10.2. The van der Waals surface area contributed by atoms with Crippen molar-refractivity contribution in [1.82, 2.24) is 4.90 Å². The van der Waals surface area contributed by atoms with Crippen LogP contribution in [0.1, 0.15) is 0 Å². The minimum absolute atomic E-state index is 0. The fraction of sp³-hybridized carbons (Fsp3) is 0.333. The maximum Gasteiger partial charge on any atom is 0.451 e. The number of ether oxygens (including phenoxy) is 1. The van der Waals surface area contributed by atoms with Crippen molar-refractivity contribution in [3.63, 3.8) is 0 Å². The number of benzene rings is 1. The Morgan fingerprint density at radius 2 is 1.20 bits per heavy atom. The minimum atomic E-state index is -2.22. The van der Waals surface area contributed by atoms with E-state index >= 15 is 0 Å². The van der Waals surface area contributed by atoms with Gasteiger partial charge >= 0.3 is 6.02 Å². The first-order valence-electron chi connectivity index (χ1n) is 5.09. The second-order valence-electron chi connectivity index (χ2n) is 4.07. The summed E-state index contributed by atoms with van der Waals surface area (Å²) >= 11 is 0. The summed E-state index contributed by atoms with van der Waals surface area (Å²) in [5, 5.41) is 0. The van der Waals surface area contributed by atoms with E-state index in [4.69, 9.17) is 4.74 Å². The van der Waals surface area contributed by atoms with Gasteiger partial charge in [0, 0.05) is 0 Å². The second kappa shape index (κ2) is 6.53. The average molecular weight is 298 g/mol. The number of hydrogen-bond acceptors (Lipinski definition) is 1. The monoisotopic (exact) mass is 298 g/mol. The third-order valence-electron chi connectivity index (χ3n) is 2.13. The Labute approximate surface area is 113 Å². The van der Waals surface area contributed by atoms with Gasteiger partial charge < -0.3 is 12.2 Å². The van der Waals surface area contributed by atoms with Crippen LogP contribution in [0.3, 0.4) is 0 Å². The van der Waals surface area contributed by atoms with Gasteiger partial charge in [-0.05, 0) is 0 Å². The average Bonchev–Trinajstić information content (AvgIpc) is 2.33. The van der Waals surface area contributed by atoms with E-state index in [0.29, 0.717) is 0 Å². The smallest absolute Gasteiger partial charge is 0.386 e. The quantitative estimate of drug-likeness (QED) is 0.150. The van der Waals surface area contributed by atoms with Crippen LogP contribution in [0.15, 0.2) is 0 Å². The fourth-order valence-corrected chi connectivity index (χ4v) is 1.35. The first-order valence-corrected chi connectivity index (χ1v) is 5.09. The van der Waals surface area contributed by atoms with E-state index in [1.165, 1.54) is 37.7 Å². The molecule has 1 aromatic carbocycles. The van der Waals surface area contributed by atoms with Crippen LogP contribution in [-0.4, -0.2) is 43.7 Å². The fourth-order valence-electron chi connectivity index (χ4n) is 1.35. The molecule has 0 radical (unpaired) electrons. The van der Waals surface area contributed by atoms with Crippen LogP contribution in [0, 0.1) is 36.5 Å².